The van der Waals surface area contributed by atoms with E-state index in [-0.39, 0.29) is 11.4 Å². The lowest BCUT2D eigenvalue weighted by Gasteiger charge is -2.09. The molecule has 1 aromatic heterocycles. The van der Waals surface area contributed by atoms with Gasteiger partial charge in [0, 0.05) is 11.8 Å². The Morgan fingerprint density at radius 1 is 1.14 bits per heavy atom. The summed E-state index contributed by atoms with van der Waals surface area (Å²) in [7, 11) is 0. The van der Waals surface area contributed by atoms with E-state index in [2.05, 4.69) is 20.3 Å². The molecule has 1 amide bonds. The van der Waals surface area contributed by atoms with E-state index in [1.807, 2.05) is 0 Å². The molecule has 0 fully saturated rings. The van der Waals surface area contributed by atoms with E-state index in [1.165, 1.54) is 18.2 Å². The van der Waals surface area contributed by atoms with Gasteiger partial charge >= 0.3 is 6.36 Å². The Morgan fingerprint density at radius 2 is 1.81 bits per heavy atom. The van der Waals surface area contributed by atoms with E-state index in [0.717, 1.165) is 18.2 Å². The average Bonchev–Trinajstić information content (AvgIpc) is 2.40. The fourth-order valence-electron chi connectivity index (χ4n) is 1.41. The third kappa shape index (κ3) is 4.34. The van der Waals surface area contributed by atoms with Gasteiger partial charge in [-0.2, -0.15) is 5.10 Å². The molecule has 0 bridgehead atoms. The Bertz CT molecular complexity index is 675. The molecular formula is C12H8F3N3O3. The Kier molecular flexibility index (Phi) is 3.92. The number of benzene rings is 1. The Hall–Kier alpha value is -2.84. The van der Waals surface area contributed by atoms with E-state index in [9.17, 15) is 22.8 Å². The summed E-state index contributed by atoms with van der Waals surface area (Å²) < 4.78 is 39.6. The molecule has 2 rings (SSSR count). The van der Waals surface area contributed by atoms with Crippen molar-refractivity contribution < 1.29 is 22.7 Å². The van der Waals surface area contributed by atoms with Crippen LogP contribution in [0.15, 0.2) is 41.2 Å². The van der Waals surface area contributed by atoms with Crippen LogP contribution in [-0.4, -0.2) is 22.5 Å². The van der Waals surface area contributed by atoms with Crippen molar-refractivity contribution in [1.82, 2.24) is 10.2 Å². The van der Waals surface area contributed by atoms with E-state index >= 15 is 0 Å². The molecule has 0 radical (unpaired) electrons. The molecule has 2 aromatic rings. The SMILES string of the molecule is O=C(Nc1ccc(OC(F)(F)F)cc1)c1ccc(=O)[nH]n1. The largest absolute Gasteiger partial charge is 0.573 e. The number of H-pyrrole nitrogens is 1. The molecule has 0 spiro atoms. The molecule has 0 atom stereocenters. The molecule has 0 saturated heterocycles. The first-order valence-electron chi connectivity index (χ1n) is 5.56. The van der Waals surface area contributed by atoms with Crippen LogP contribution in [0.1, 0.15) is 10.5 Å². The minimum atomic E-state index is -4.77. The maximum atomic E-state index is 12.0. The van der Waals surface area contributed by atoms with E-state index < -0.39 is 23.6 Å². The number of rotatable bonds is 3. The molecule has 9 heteroatoms. The second-order valence-electron chi connectivity index (χ2n) is 3.83. The third-order valence-corrected chi connectivity index (χ3v) is 2.26. The highest BCUT2D eigenvalue weighted by molar-refractivity contribution is 6.02. The molecule has 0 aliphatic carbocycles. The summed E-state index contributed by atoms with van der Waals surface area (Å²) in [6.45, 7) is 0. The second kappa shape index (κ2) is 5.65. The van der Waals surface area contributed by atoms with Crippen LogP contribution < -0.4 is 15.6 Å². The summed E-state index contributed by atoms with van der Waals surface area (Å²) >= 11 is 0. The van der Waals surface area contributed by atoms with Crippen molar-refractivity contribution in [1.29, 1.82) is 0 Å². The number of hydrogen-bond donors (Lipinski definition) is 2. The van der Waals surface area contributed by atoms with Crippen molar-refractivity contribution in [2.24, 2.45) is 0 Å². The summed E-state index contributed by atoms with van der Waals surface area (Å²) in [6, 6.07) is 6.94. The first-order chi connectivity index (χ1) is 9.83. The van der Waals surface area contributed by atoms with Gasteiger partial charge in [-0.15, -0.1) is 13.2 Å². The first kappa shape index (κ1) is 14.6. The van der Waals surface area contributed by atoms with Crippen molar-refractivity contribution in [3.63, 3.8) is 0 Å². The van der Waals surface area contributed by atoms with Crippen molar-refractivity contribution in [2.75, 3.05) is 5.32 Å². The number of carbonyl (C=O) groups excluding carboxylic acids is 1. The zero-order valence-corrected chi connectivity index (χ0v) is 10.3. The van der Waals surface area contributed by atoms with E-state index in [1.54, 1.807) is 0 Å². The van der Waals surface area contributed by atoms with Crippen LogP contribution in [0, 0.1) is 0 Å². The van der Waals surface area contributed by atoms with E-state index in [4.69, 9.17) is 0 Å². The van der Waals surface area contributed by atoms with Crippen LogP contribution in [0.3, 0.4) is 0 Å². The first-order valence-corrected chi connectivity index (χ1v) is 5.56. The van der Waals surface area contributed by atoms with Crippen molar-refractivity contribution in [2.45, 2.75) is 6.36 Å². The number of anilines is 1. The van der Waals surface area contributed by atoms with Gasteiger partial charge < -0.3 is 10.1 Å². The van der Waals surface area contributed by atoms with Gasteiger partial charge in [0.05, 0.1) is 0 Å². The summed E-state index contributed by atoms with van der Waals surface area (Å²) in [5.41, 5.74) is -0.243. The molecule has 21 heavy (non-hydrogen) atoms. The summed E-state index contributed by atoms with van der Waals surface area (Å²) in [4.78, 5) is 22.5. The molecule has 1 aromatic carbocycles. The second-order valence-corrected chi connectivity index (χ2v) is 3.83. The highest BCUT2D eigenvalue weighted by atomic mass is 19.4. The summed E-state index contributed by atoms with van der Waals surface area (Å²) in [6.07, 6.45) is -4.77. The smallest absolute Gasteiger partial charge is 0.406 e. The maximum absolute atomic E-state index is 12.0. The van der Waals surface area contributed by atoms with Gasteiger partial charge in [0.25, 0.3) is 11.5 Å². The minimum Gasteiger partial charge on any atom is -0.406 e. The zero-order chi connectivity index (χ0) is 15.5. The van der Waals surface area contributed by atoms with Crippen LogP contribution in [0.2, 0.25) is 0 Å². The predicted octanol–water partition coefficient (Wildman–Crippen LogP) is 1.92. The number of halogens is 3. The van der Waals surface area contributed by atoms with Crippen LogP contribution >= 0.6 is 0 Å². The lowest BCUT2D eigenvalue weighted by Crippen LogP contribution is -2.18. The van der Waals surface area contributed by atoms with Crippen LogP contribution in [0.25, 0.3) is 0 Å². The number of aromatic amines is 1. The third-order valence-electron chi connectivity index (χ3n) is 2.26. The number of nitrogens with one attached hydrogen (secondary N) is 2. The van der Waals surface area contributed by atoms with Gasteiger partial charge in [-0.05, 0) is 30.3 Å². The zero-order valence-electron chi connectivity index (χ0n) is 10.3. The Labute approximate surface area is 115 Å². The van der Waals surface area contributed by atoms with Crippen LogP contribution in [0.5, 0.6) is 5.75 Å². The molecular weight excluding hydrogens is 291 g/mol. The number of ether oxygens (including phenoxy) is 1. The Balaban J connectivity index is 2.04. The lowest BCUT2D eigenvalue weighted by atomic mass is 10.3. The molecule has 1 heterocycles. The topological polar surface area (TPSA) is 84.1 Å². The molecule has 110 valence electrons. The van der Waals surface area contributed by atoms with Crippen LogP contribution in [-0.2, 0) is 0 Å². The number of aromatic nitrogens is 2. The lowest BCUT2D eigenvalue weighted by molar-refractivity contribution is -0.274. The van der Waals surface area contributed by atoms with Crippen molar-refractivity contribution in [3.05, 3.63) is 52.4 Å². The molecule has 0 aliphatic heterocycles. The van der Waals surface area contributed by atoms with Crippen molar-refractivity contribution >= 4 is 11.6 Å². The molecule has 6 nitrogen and oxygen atoms in total. The summed E-state index contributed by atoms with van der Waals surface area (Å²) in [5.74, 6) is -1.02. The van der Waals surface area contributed by atoms with Gasteiger partial charge in [-0.25, -0.2) is 5.10 Å². The van der Waals surface area contributed by atoms with Gasteiger partial charge in [0.1, 0.15) is 11.4 Å². The molecule has 0 aliphatic rings. The monoisotopic (exact) mass is 299 g/mol. The molecule has 2 N–H and O–H groups in total. The number of carbonyl (C=O) groups is 1. The van der Waals surface area contributed by atoms with Crippen molar-refractivity contribution in [3.8, 4) is 5.75 Å². The predicted molar refractivity (Wildman–Crippen MR) is 65.9 cm³/mol. The number of amides is 1. The Morgan fingerprint density at radius 3 is 2.33 bits per heavy atom. The van der Waals surface area contributed by atoms with Gasteiger partial charge in [-0.1, -0.05) is 0 Å². The highest BCUT2D eigenvalue weighted by Gasteiger charge is 2.30. The fourth-order valence-corrected chi connectivity index (χ4v) is 1.41. The minimum absolute atomic E-state index is 0.0368. The highest BCUT2D eigenvalue weighted by Crippen LogP contribution is 2.23. The van der Waals surface area contributed by atoms with Crippen LogP contribution in [0.4, 0.5) is 18.9 Å². The maximum Gasteiger partial charge on any atom is 0.573 e. The molecule has 0 unspecified atom stereocenters. The standard InChI is InChI=1S/C12H8F3N3O3/c13-12(14,15)21-8-3-1-7(2-4-8)16-11(20)9-5-6-10(19)18-17-9/h1-6H,(H,16,20)(H,18,19). The number of nitrogens with zero attached hydrogens (tertiary/aromatic N) is 1. The number of alkyl halides is 3. The average molecular weight is 299 g/mol. The summed E-state index contributed by atoms with van der Waals surface area (Å²) in [5, 5.41) is 8.01. The quantitative estimate of drug-likeness (QED) is 0.907. The normalized spacial score (nSPS) is 11.0. The molecule has 0 saturated carbocycles. The number of hydrogen-bond acceptors (Lipinski definition) is 4. The van der Waals surface area contributed by atoms with Gasteiger partial charge in [0.2, 0.25) is 0 Å². The fraction of sp³-hybridized carbons (Fsp3) is 0.0833. The van der Waals surface area contributed by atoms with Gasteiger partial charge in [-0.3, -0.25) is 9.59 Å². The van der Waals surface area contributed by atoms with E-state index in [0.29, 0.717) is 0 Å². The van der Waals surface area contributed by atoms with Gasteiger partial charge in [0.15, 0.2) is 0 Å².